The number of aromatic nitrogens is 2. The van der Waals surface area contributed by atoms with Gasteiger partial charge in [0.15, 0.2) is 0 Å². The molecular formula is C12H13N3O3. The lowest BCUT2D eigenvalue weighted by Gasteiger charge is -2.08. The minimum Gasteiger partial charge on any atom is -0.350 e. The van der Waals surface area contributed by atoms with Crippen molar-refractivity contribution < 1.29 is 4.79 Å². The Morgan fingerprint density at radius 2 is 1.72 bits per heavy atom. The number of aromatic amines is 2. The van der Waals surface area contributed by atoms with Crippen molar-refractivity contribution in [3.05, 3.63) is 44.5 Å². The van der Waals surface area contributed by atoms with Crippen LogP contribution in [0, 0.1) is 0 Å². The van der Waals surface area contributed by atoms with Gasteiger partial charge in [0.25, 0.3) is 17.0 Å². The molecule has 2 aromatic rings. The summed E-state index contributed by atoms with van der Waals surface area (Å²) in [5.74, 6) is -0.272. The van der Waals surface area contributed by atoms with Crippen LogP contribution in [0.15, 0.2) is 27.8 Å². The van der Waals surface area contributed by atoms with E-state index >= 15 is 0 Å². The number of hydrogen-bond donors (Lipinski definition) is 3. The molecule has 0 aliphatic rings. The molecule has 1 heterocycles. The number of nitrogens with one attached hydrogen (secondary N) is 3. The molecule has 0 saturated carbocycles. The fraction of sp³-hybridized carbons (Fsp3) is 0.250. The molecule has 1 aromatic carbocycles. The summed E-state index contributed by atoms with van der Waals surface area (Å²) in [5.41, 5.74) is -0.462. The number of fused-ring (bicyclic) bond motifs is 1. The van der Waals surface area contributed by atoms with E-state index in [1.807, 2.05) is 13.8 Å². The van der Waals surface area contributed by atoms with E-state index in [2.05, 4.69) is 15.5 Å². The van der Waals surface area contributed by atoms with Gasteiger partial charge in [-0.2, -0.15) is 0 Å². The van der Waals surface area contributed by atoms with Crippen molar-refractivity contribution in [1.82, 2.24) is 15.5 Å². The Bertz CT molecular complexity index is 712. The second kappa shape index (κ2) is 4.48. The van der Waals surface area contributed by atoms with Crippen LogP contribution in [0.5, 0.6) is 0 Å². The Hall–Kier alpha value is -2.37. The highest BCUT2D eigenvalue weighted by molar-refractivity contribution is 5.98. The maximum absolute atomic E-state index is 11.8. The third-order valence-corrected chi connectivity index (χ3v) is 2.48. The molecule has 94 valence electrons. The molecule has 6 nitrogen and oxygen atoms in total. The van der Waals surface area contributed by atoms with Crippen molar-refractivity contribution in [2.45, 2.75) is 19.9 Å². The Labute approximate surface area is 102 Å². The van der Waals surface area contributed by atoms with Gasteiger partial charge in [0, 0.05) is 11.6 Å². The fourth-order valence-electron chi connectivity index (χ4n) is 1.67. The van der Waals surface area contributed by atoms with Gasteiger partial charge in [-0.1, -0.05) is 0 Å². The average Bonchev–Trinajstić information content (AvgIpc) is 2.33. The van der Waals surface area contributed by atoms with Crippen LogP contribution in [-0.4, -0.2) is 22.1 Å². The van der Waals surface area contributed by atoms with Gasteiger partial charge in [-0.05, 0) is 32.0 Å². The van der Waals surface area contributed by atoms with Crippen molar-refractivity contribution in [2.75, 3.05) is 0 Å². The average molecular weight is 247 g/mol. The second-order valence-electron chi connectivity index (χ2n) is 4.30. The molecule has 1 amide bonds. The Morgan fingerprint density at radius 3 is 2.33 bits per heavy atom. The first-order valence-corrected chi connectivity index (χ1v) is 5.54. The van der Waals surface area contributed by atoms with Crippen molar-refractivity contribution in [3.8, 4) is 0 Å². The van der Waals surface area contributed by atoms with E-state index in [9.17, 15) is 14.4 Å². The van der Waals surface area contributed by atoms with E-state index < -0.39 is 5.56 Å². The third kappa shape index (κ3) is 2.17. The smallest absolute Gasteiger partial charge is 0.270 e. The van der Waals surface area contributed by atoms with Gasteiger partial charge >= 0.3 is 0 Å². The van der Waals surface area contributed by atoms with E-state index in [0.29, 0.717) is 5.56 Å². The summed E-state index contributed by atoms with van der Waals surface area (Å²) >= 11 is 0. The topological polar surface area (TPSA) is 94.8 Å². The Morgan fingerprint density at radius 1 is 1.11 bits per heavy atom. The highest BCUT2D eigenvalue weighted by Crippen LogP contribution is 2.08. The molecule has 6 heteroatoms. The molecule has 0 spiro atoms. The summed E-state index contributed by atoms with van der Waals surface area (Å²) in [7, 11) is 0. The molecule has 0 aliphatic heterocycles. The van der Waals surface area contributed by atoms with Crippen LogP contribution >= 0.6 is 0 Å². The second-order valence-corrected chi connectivity index (χ2v) is 4.30. The van der Waals surface area contributed by atoms with Gasteiger partial charge in [0.2, 0.25) is 0 Å². The van der Waals surface area contributed by atoms with Crippen molar-refractivity contribution >= 4 is 16.7 Å². The third-order valence-electron chi connectivity index (χ3n) is 2.48. The van der Waals surface area contributed by atoms with E-state index in [0.717, 1.165) is 0 Å². The number of carbonyl (C=O) groups is 1. The molecule has 0 fully saturated rings. The van der Waals surface area contributed by atoms with Crippen LogP contribution in [0.1, 0.15) is 24.2 Å². The minimum atomic E-state index is -0.427. The van der Waals surface area contributed by atoms with Gasteiger partial charge in [-0.3, -0.25) is 24.6 Å². The van der Waals surface area contributed by atoms with Gasteiger partial charge in [0.05, 0.1) is 10.8 Å². The molecule has 1 aromatic heterocycles. The van der Waals surface area contributed by atoms with Crippen molar-refractivity contribution in [2.24, 2.45) is 0 Å². The molecule has 0 atom stereocenters. The molecule has 2 rings (SSSR count). The lowest BCUT2D eigenvalue weighted by atomic mass is 10.1. The molecule has 0 saturated heterocycles. The van der Waals surface area contributed by atoms with E-state index in [4.69, 9.17) is 0 Å². The number of hydrogen-bond acceptors (Lipinski definition) is 3. The van der Waals surface area contributed by atoms with E-state index in [1.165, 1.54) is 18.2 Å². The number of H-pyrrole nitrogens is 2. The van der Waals surface area contributed by atoms with Crippen molar-refractivity contribution in [1.29, 1.82) is 0 Å². The number of amides is 1. The monoisotopic (exact) mass is 247 g/mol. The molecule has 0 radical (unpaired) electrons. The van der Waals surface area contributed by atoms with Crippen LogP contribution in [-0.2, 0) is 0 Å². The maximum atomic E-state index is 11.8. The quantitative estimate of drug-likeness (QED) is 0.714. The van der Waals surface area contributed by atoms with E-state index in [-0.39, 0.29) is 28.3 Å². The van der Waals surface area contributed by atoms with Crippen molar-refractivity contribution in [3.63, 3.8) is 0 Å². The van der Waals surface area contributed by atoms with Gasteiger partial charge in [-0.25, -0.2) is 0 Å². The molecule has 3 N–H and O–H groups in total. The largest absolute Gasteiger partial charge is 0.350 e. The molecule has 0 aliphatic carbocycles. The zero-order valence-electron chi connectivity index (χ0n) is 10.0. The normalized spacial score (nSPS) is 10.8. The molecule has 0 unspecified atom stereocenters. The van der Waals surface area contributed by atoms with Crippen LogP contribution in [0.4, 0.5) is 0 Å². The molecular weight excluding hydrogens is 234 g/mol. The molecule has 18 heavy (non-hydrogen) atoms. The van der Waals surface area contributed by atoms with Crippen LogP contribution in [0.25, 0.3) is 10.8 Å². The zero-order valence-corrected chi connectivity index (χ0v) is 10.0. The summed E-state index contributed by atoms with van der Waals surface area (Å²) < 4.78 is 0. The lowest BCUT2D eigenvalue weighted by molar-refractivity contribution is 0.0943. The van der Waals surface area contributed by atoms with E-state index in [1.54, 1.807) is 0 Å². The summed E-state index contributed by atoms with van der Waals surface area (Å²) in [6.45, 7) is 3.69. The zero-order chi connectivity index (χ0) is 13.3. The van der Waals surface area contributed by atoms with Crippen LogP contribution in [0.2, 0.25) is 0 Å². The summed E-state index contributed by atoms with van der Waals surface area (Å²) in [4.78, 5) is 34.8. The van der Waals surface area contributed by atoms with Gasteiger partial charge in [0.1, 0.15) is 0 Å². The first-order chi connectivity index (χ1) is 8.49. The predicted molar refractivity (Wildman–Crippen MR) is 67.8 cm³/mol. The SMILES string of the molecule is CC(C)NC(=O)c1ccc2c(=O)[nH][nH]c(=O)c2c1. The lowest BCUT2D eigenvalue weighted by Crippen LogP contribution is -2.30. The highest BCUT2D eigenvalue weighted by atomic mass is 16.2. The Balaban J connectivity index is 2.58. The van der Waals surface area contributed by atoms with Crippen LogP contribution in [0.3, 0.4) is 0 Å². The van der Waals surface area contributed by atoms with Crippen LogP contribution < -0.4 is 16.4 Å². The minimum absolute atomic E-state index is 0.00524. The predicted octanol–water partition coefficient (Wildman–Crippen LogP) is 0.355. The summed E-state index contributed by atoms with van der Waals surface area (Å²) in [6, 6.07) is 4.42. The number of rotatable bonds is 2. The first-order valence-electron chi connectivity index (χ1n) is 5.54. The number of carbonyl (C=O) groups excluding carboxylic acids is 1. The van der Waals surface area contributed by atoms with Gasteiger partial charge < -0.3 is 5.32 Å². The summed E-state index contributed by atoms with van der Waals surface area (Å²) in [5, 5.41) is 7.64. The molecule has 0 bridgehead atoms. The summed E-state index contributed by atoms with van der Waals surface area (Å²) in [6.07, 6.45) is 0. The first kappa shape index (κ1) is 12.1. The highest BCUT2D eigenvalue weighted by Gasteiger charge is 2.10. The fourth-order valence-corrected chi connectivity index (χ4v) is 1.67. The Kier molecular flexibility index (Phi) is 3.01. The standard InChI is InChI=1S/C12H13N3O3/c1-6(2)13-10(16)7-3-4-8-9(5-7)12(18)15-14-11(8)17/h3-6H,1-2H3,(H,13,16)(H,14,17)(H,15,18). The van der Waals surface area contributed by atoms with Gasteiger partial charge in [-0.15, -0.1) is 0 Å². The number of benzene rings is 1. The maximum Gasteiger partial charge on any atom is 0.270 e.